The maximum absolute atomic E-state index is 11.9. The van der Waals surface area contributed by atoms with E-state index in [1.165, 1.54) is 7.11 Å². The Morgan fingerprint density at radius 3 is 2.76 bits per heavy atom. The number of hydrogen-bond acceptors (Lipinski definition) is 5. The van der Waals surface area contributed by atoms with E-state index in [1.54, 1.807) is 12.1 Å². The van der Waals surface area contributed by atoms with E-state index in [2.05, 4.69) is 25.8 Å². The number of benzene rings is 1. The van der Waals surface area contributed by atoms with Gasteiger partial charge in [0.05, 0.1) is 36.6 Å². The number of nitrogens with one attached hydrogen (secondary N) is 1. The van der Waals surface area contributed by atoms with Gasteiger partial charge in [0.15, 0.2) is 5.11 Å². The predicted molar refractivity (Wildman–Crippen MR) is 128 cm³/mol. The lowest BCUT2D eigenvalue weighted by atomic mass is 10.0. The summed E-state index contributed by atoms with van der Waals surface area (Å²) >= 11 is 5.79. The van der Waals surface area contributed by atoms with Gasteiger partial charge in [0.25, 0.3) is 0 Å². The number of nitrogens with zero attached hydrogens (tertiary/aromatic N) is 3. The first-order chi connectivity index (χ1) is 16.2. The van der Waals surface area contributed by atoms with Gasteiger partial charge in [0.1, 0.15) is 0 Å². The molecule has 0 saturated carbocycles. The third-order valence-electron chi connectivity index (χ3n) is 6.27. The van der Waals surface area contributed by atoms with Crippen molar-refractivity contribution < 1.29 is 14.3 Å². The number of hydrogen-bond donors (Lipinski definition) is 1. The van der Waals surface area contributed by atoms with E-state index in [1.807, 2.05) is 48.8 Å². The summed E-state index contributed by atoms with van der Waals surface area (Å²) in [5, 5.41) is 4.22. The van der Waals surface area contributed by atoms with Gasteiger partial charge < -0.3 is 24.3 Å². The molecule has 2 aliphatic rings. The van der Waals surface area contributed by atoms with E-state index in [9.17, 15) is 4.79 Å². The molecule has 7 nitrogen and oxygen atoms in total. The van der Waals surface area contributed by atoms with Gasteiger partial charge in [-0.1, -0.05) is 6.07 Å². The van der Waals surface area contributed by atoms with Crippen molar-refractivity contribution in [3.05, 3.63) is 83.9 Å². The van der Waals surface area contributed by atoms with Gasteiger partial charge in [-0.25, -0.2) is 4.79 Å². The van der Waals surface area contributed by atoms with E-state index in [-0.39, 0.29) is 24.2 Å². The van der Waals surface area contributed by atoms with Crippen LogP contribution in [0.5, 0.6) is 0 Å². The minimum atomic E-state index is -0.349. The molecule has 0 unspecified atom stereocenters. The lowest BCUT2D eigenvalue weighted by Crippen LogP contribution is -2.36. The Labute approximate surface area is 198 Å². The molecule has 3 atom stereocenters. The van der Waals surface area contributed by atoms with Crippen LogP contribution in [0.3, 0.4) is 0 Å². The van der Waals surface area contributed by atoms with Crippen LogP contribution in [-0.4, -0.2) is 51.9 Å². The molecule has 0 bridgehead atoms. The lowest BCUT2D eigenvalue weighted by molar-refractivity contribution is 0.0600. The standard InChI is InChI=1S/C25H26N4O3S/c1-31-24(30)17-9-11-18(12-10-17)28-14-4-8-21(28)23-22(20-7-2-3-13-26-20)27-25(33)29(23)16-19-6-5-15-32-19/h2-4,7-14,19,22-23H,5-6,15-16H2,1H3,(H,27,33)/t19-,22+,23-/m1/s1. The average molecular weight is 463 g/mol. The number of pyridine rings is 1. The Morgan fingerprint density at radius 2 is 2.06 bits per heavy atom. The fraction of sp³-hybridized carbons (Fsp3) is 0.320. The SMILES string of the molecule is COC(=O)c1ccc(-n2cccc2[C@@H]2[C@H](c3ccccn3)NC(=S)N2C[C@H]2CCCO2)cc1. The van der Waals surface area contributed by atoms with Gasteiger partial charge in [0.2, 0.25) is 0 Å². The number of esters is 1. The monoisotopic (exact) mass is 462 g/mol. The second-order valence-corrected chi connectivity index (χ2v) is 8.64. The maximum atomic E-state index is 11.9. The van der Waals surface area contributed by atoms with Crippen molar-refractivity contribution in [3.8, 4) is 5.69 Å². The first-order valence-corrected chi connectivity index (χ1v) is 11.5. The molecule has 0 spiro atoms. The Balaban J connectivity index is 1.53. The first kappa shape index (κ1) is 21.6. The molecule has 0 radical (unpaired) electrons. The van der Waals surface area contributed by atoms with E-state index in [0.717, 1.165) is 43.1 Å². The average Bonchev–Trinajstić information content (AvgIpc) is 3.61. The van der Waals surface area contributed by atoms with Gasteiger partial charge >= 0.3 is 5.97 Å². The smallest absolute Gasteiger partial charge is 0.337 e. The zero-order valence-corrected chi connectivity index (χ0v) is 19.2. The van der Waals surface area contributed by atoms with Crippen molar-refractivity contribution in [3.63, 3.8) is 0 Å². The highest BCUT2D eigenvalue weighted by Gasteiger charge is 2.42. The van der Waals surface area contributed by atoms with E-state index in [4.69, 9.17) is 21.7 Å². The van der Waals surface area contributed by atoms with Crippen molar-refractivity contribution in [1.29, 1.82) is 0 Å². The first-order valence-electron chi connectivity index (χ1n) is 11.1. The quantitative estimate of drug-likeness (QED) is 0.441. The van der Waals surface area contributed by atoms with Crippen LogP contribution in [0.4, 0.5) is 0 Å². The number of carbonyl (C=O) groups excluding carboxylic acids is 1. The van der Waals surface area contributed by atoms with Crippen molar-refractivity contribution >= 4 is 23.3 Å². The van der Waals surface area contributed by atoms with E-state index in [0.29, 0.717) is 10.7 Å². The molecule has 0 aliphatic carbocycles. The zero-order chi connectivity index (χ0) is 22.8. The summed E-state index contributed by atoms with van der Waals surface area (Å²) in [5.74, 6) is -0.349. The lowest BCUT2D eigenvalue weighted by Gasteiger charge is -2.30. The largest absolute Gasteiger partial charge is 0.465 e. The van der Waals surface area contributed by atoms with Crippen LogP contribution in [0.25, 0.3) is 5.69 Å². The van der Waals surface area contributed by atoms with Crippen LogP contribution in [-0.2, 0) is 9.47 Å². The van der Waals surface area contributed by atoms with Crippen molar-refractivity contribution in [1.82, 2.24) is 19.8 Å². The highest BCUT2D eigenvalue weighted by molar-refractivity contribution is 7.80. The number of aromatic nitrogens is 2. The Kier molecular flexibility index (Phi) is 6.11. The Hall–Kier alpha value is -3.23. The minimum absolute atomic E-state index is 0.0631. The summed E-state index contributed by atoms with van der Waals surface area (Å²) in [4.78, 5) is 18.7. The number of ether oxygens (including phenoxy) is 2. The highest BCUT2D eigenvalue weighted by atomic mass is 32.1. The molecule has 1 aromatic carbocycles. The van der Waals surface area contributed by atoms with Gasteiger partial charge in [-0.3, -0.25) is 4.98 Å². The molecule has 2 aliphatic heterocycles. The number of thiocarbonyl (C=S) groups is 1. The molecule has 5 rings (SSSR count). The molecule has 2 saturated heterocycles. The molecule has 3 aromatic rings. The normalized spacial score (nSPS) is 22.4. The summed E-state index contributed by atoms with van der Waals surface area (Å²) in [7, 11) is 1.39. The molecule has 170 valence electrons. The molecule has 8 heteroatoms. The van der Waals surface area contributed by atoms with Gasteiger partial charge in [0, 0.05) is 36.9 Å². The van der Waals surface area contributed by atoms with Crippen LogP contribution in [0.2, 0.25) is 0 Å². The summed E-state index contributed by atoms with van der Waals surface area (Å²) in [6, 6.07) is 17.4. The zero-order valence-electron chi connectivity index (χ0n) is 18.4. The molecular weight excluding hydrogens is 436 g/mol. The fourth-order valence-corrected chi connectivity index (χ4v) is 4.99. The molecule has 33 heavy (non-hydrogen) atoms. The van der Waals surface area contributed by atoms with Crippen LogP contribution in [0.1, 0.15) is 46.7 Å². The summed E-state index contributed by atoms with van der Waals surface area (Å²) in [6.07, 6.45) is 6.12. The number of carbonyl (C=O) groups is 1. The molecule has 4 heterocycles. The van der Waals surface area contributed by atoms with Gasteiger partial charge in [-0.15, -0.1) is 0 Å². The second-order valence-electron chi connectivity index (χ2n) is 8.26. The molecule has 0 amide bonds. The number of methoxy groups -OCH3 is 1. The van der Waals surface area contributed by atoms with Crippen LogP contribution in [0.15, 0.2) is 67.0 Å². The third-order valence-corrected chi connectivity index (χ3v) is 6.62. The predicted octanol–water partition coefficient (Wildman–Crippen LogP) is 3.81. The molecular formula is C25H26N4O3S. The summed E-state index contributed by atoms with van der Waals surface area (Å²) in [6.45, 7) is 1.53. The Bertz CT molecular complexity index is 1130. The van der Waals surface area contributed by atoms with E-state index < -0.39 is 0 Å². The summed E-state index contributed by atoms with van der Waals surface area (Å²) in [5.41, 5.74) is 3.50. The molecule has 1 N–H and O–H groups in total. The molecule has 2 fully saturated rings. The highest BCUT2D eigenvalue weighted by Crippen LogP contribution is 2.40. The van der Waals surface area contributed by atoms with Crippen LogP contribution >= 0.6 is 12.2 Å². The van der Waals surface area contributed by atoms with Crippen LogP contribution < -0.4 is 5.32 Å². The third kappa shape index (κ3) is 4.24. The molecule has 2 aromatic heterocycles. The van der Waals surface area contributed by atoms with E-state index >= 15 is 0 Å². The minimum Gasteiger partial charge on any atom is -0.465 e. The van der Waals surface area contributed by atoms with Gasteiger partial charge in [-0.05, 0) is 73.6 Å². The Morgan fingerprint density at radius 1 is 1.21 bits per heavy atom. The van der Waals surface area contributed by atoms with Crippen LogP contribution in [0, 0.1) is 0 Å². The van der Waals surface area contributed by atoms with Crippen molar-refractivity contribution in [2.45, 2.75) is 31.0 Å². The fourth-order valence-electron chi connectivity index (χ4n) is 4.68. The summed E-state index contributed by atoms with van der Waals surface area (Å²) < 4.78 is 12.9. The topological polar surface area (TPSA) is 68.6 Å². The number of rotatable bonds is 6. The maximum Gasteiger partial charge on any atom is 0.337 e. The second kappa shape index (κ2) is 9.33. The van der Waals surface area contributed by atoms with Crippen molar-refractivity contribution in [2.24, 2.45) is 0 Å². The van der Waals surface area contributed by atoms with Crippen molar-refractivity contribution in [2.75, 3.05) is 20.3 Å². The van der Waals surface area contributed by atoms with Gasteiger partial charge in [-0.2, -0.15) is 0 Å².